The largest absolute Gasteiger partial charge is 0.314 e. The van der Waals surface area contributed by atoms with Gasteiger partial charge in [-0.05, 0) is 67.0 Å². The van der Waals surface area contributed by atoms with Crippen molar-refractivity contribution in [1.82, 2.24) is 10.3 Å². The van der Waals surface area contributed by atoms with Crippen LogP contribution < -0.4 is 5.32 Å². The molecule has 2 heteroatoms. The van der Waals surface area contributed by atoms with E-state index in [4.69, 9.17) is 0 Å². The lowest BCUT2D eigenvalue weighted by Crippen LogP contribution is -2.40. The minimum atomic E-state index is 0.561. The van der Waals surface area contributed by atoms with Gasteiger partial charge < -0.3 is 5.32 Å². The van der Waals surface area contributed by atoms with E-state index in [9.17, 15) is 0 Å². The lowest BCUT2D eigenvalue weighted by molar-refractivity contribution is 0.322. The summed E-state index contributed by atoms with van der Waals surface area (Å²) in [5.41, 5.74) is 4.48. The van der Waals surface area contributed by atoms with Crippen molar-refractivity contribution in [1.29, 1.82) is 0 Å². The SMILES string of the molecule is CCNC(Cc1ccncc1)C1CCc2ccccc2C1. The number of nitrogens with zero attached hydrogens (tertiary/aromatic N) is 1. The van der Waals surface area contributed by atoms with E-state index in [-0.39, 0.29) is 0 Å². The molecule has 2 nitrogen and oxygen atoms in total. The molecule has 110 valence electrons. The number of aromatic nitrogens is 1. The molecule has 1 aromatic carbocycles. The van der Waals surface area contributed by atoms with Crippen molar-refractivity contribution in [3.05, 3.63) is 65.5 Å². The standard InChI is InChI=1S/C19H24N2/c1-2-21-19(13-15-9-11-20-12-10-15)18-8-7-16-5-3-4-6-17(16)14-18/h3-6,9-12,18-19,21H,2,7-8,13-14H2,1H3. The molecule has 0 fully saturated rings. The van der Waals surface area contributed by atoms with Crippen LogP contribution in [-0.4, -0.2) is 17.6 Å². The predicted octanol–water partition coefficient (Wildman–Crippen LogP) is 3.41. The Balaban J connectivity index is 1.73. The first-order valence-corrected chi connectivity index (χ1v) is 8.06. The zero-order valence-electron chi connectivity index (χ0n) is 12.8. The average Bonchev–Trinajstić information content (AvgIpc) is 2.55. The Hall–Kier alpha value is -1.67. The van der Waals surface area contributed by atoms with Crippen LogP contribution in [0.4, 0.5) is 0 Å². The summed E-state index contributed by atoms with van der Waals surface area (Å²) >= 11 is 0. The van der Waals surface area contributed by atoms with Crippen molar-refractivity contribution in [2.45, 2.75) is 38.6 Å². The Morgan fingerprint density at radius 1 is 1.14 bits per heavy atom. The Labute approximate surface area is 127 Å². The second kappa shape index (κ2) is 6.86. The average molecular weight is 280 g/mol. The van der Waals surface area contributed by atoms with Crippen molar-refractivity contribution in [3.8, 4) is 0 Å². The smallest absolute Gasteiger partial charge is 0.0270 e. The summed E-state index contributed by atoms with van der Waals surface area (Å²) in [5.74, 6) is 0.730. The summed E-state index contributed by atoms with van der Waals surface area (Å²) < 4.78 is 0. The molecule has 1 N–H and O–H groups in total. The normalized spacial score (nSPS) is 19.0. The van der Waals surface area contributed by atoms with Gasteiger partial charge >= 0.3 is 0 Å². The fourth-order valence-electron chi connectivity index (χ4n) is 3.51. The summed E-state index contributed by atoms with van der Waals surface area (Å²) in [6.45, 7) is 3.24. The van der Waals surface area contributed by atoms with E-state index in [0.29, 0.717) is 6.04 Å². The predicted molar refractivity (Wildman–Crippen MR) is 87.4 cm³/mol. The van der Waals surface area contributed by atoms with Crippen LogP contribution in [0.25, 0.3) is 0 Å². The number of hydrogen-bond donors (Lipinski definition) is 1. The van der Waals surface area contributed by atoms with Gasteiger partial charge in [0, 0.05) is 18.4 Å². The van der Waals surface area contributed by atoms with Crippen LogP contribution in [0.1, 0.15) is 30.0 Å². The van der Waals surface area contributed by atoms with Gasteiger partial charge in [-0.3, -0.25) is 4.98 Å². The summed E-state index contributed by atoms with van der Waals surface area (Å²) in [5, 5.41) is 3.71. The fraction of sp³-hybridized carbons (Fsp3) is 0.421. The number of fused-ring (bicyclic) bond motifs is 1. The molecule has 2 atom stereocenters. The number of aryl methyl sites for hydroxylation is 1. The molecule has 1 aromatic heterocycles. The second-order valence-electron chi connectivity index (χ2n) is 6.00. The fourth-order valence-corrected chi connectivity index (χ4v) is 3.51. The van der Waals surface area contributed by atoms with Crippen LogP contribution in [0.3, 0.4) is 0 Å². The Kier molecular flexibility index (Phi) is 4.66. The first kappa shape index (κ1) is 14.3. The maximum atomic E-state index is 4.12. The lowest BCUT2D eigenvalue weighted by Gasteiger charge is -2.32. The summed E-state index contributed by atoms with van der Waals surface area (Å²) in [7, 11) is 0. The molecular weight excluding hydrogens is 256 g/mol. The summed E-state index contributed by atoms with van der Waals surface area (Å²) in [4.78, 5) is 4.12. The molecule has 0 spiro atoms. The first-order valence-electron chi connectivity index (χ1n) is 8.06. The Bertz CT molecular complexity index is 565. The van der Waals surface area contributed by atoms with Gasteiger partial charge in [-0.25, -0.2) is 0 Å². The van der Waals surface area contributed by atoms with Crippen LogP contribution >= 0.6 is 0 Å². The van der Waals surface area contributed by atoms with Gasteiger partial charge in [-0.1, -0.05) is 31.2 Å². The number of pyridine rings is 1. The third kappa shape index (κ3) is 3.51. The summed E-state index contributed by atoms with van der Waals surface area (Å²) in [6.07, 6.45) is 8.62. The van der Waals surface area contributed by atoms with Gasteiger partial charge in [-0.2, -0.15) is 0 Å². The van der Waals surface area contributed by atoms with Crippen LogP contribution in [0.5, 0.6) is 0 Å². The molecule has 21 heavy (non-hydrogen) atoms. The lowest BCUT2D eigenvalue weighted by atomic mass is 9.78. The van der Waals surface area contributed by atoms with Crippen LogP contribution in [0, 0.1) is 5.92 Å². The molecule has 1 heterocycles. The molecule has 0 amide bonds. The van der Waals surface area contributed by atoms with Crippen molar-refractivity contribution in [2.24, 2.45) is 5.92 Å². The third-order valence-corrected chi connectivity index (χ3v) is 4.63. The van der Waals surface area contributed by atoms with Gasteiger partial charge in [0.15, 0.2) is 0 Å². The molecule has 0 radical (unpaired) electrons. The van der Waals surface area contributed by atoms with Crippen molar-refractivity contribution < 1.29 is 0 Å². The Morgan fingerprint density at radius 2 is 1.90 bits per heavy atom. The number of benzene rings is 1. The van der Waals surface area contributed by atoms with E-state index in [1.54, 1.807) is 11.1 Å². The first-order chi connectivity index (χ1) is 10.4. The van der Waals surface area contributed by atoms with Gasteiger partial charge in [-0.15, -0.1) is 0 Å². The molecule has 0 bridgehead atoms. The topological polar surface area (TPSA) is 24.9 Å². The van der Waals surface area contributed by atoms with Gasteiger partial charge in [0.2, 0.25) is 0 Å². The minimum absolute atomic E-state index is 0.561. The van der Waals surface area contributed by atoms with Crippen LogP contribution in [0.15, 0.2) is 48.8 Å². The maximum Gasteiger partial charge on any atom is 0.0270 e. The van der Waals surface area contributed by atoms with E-state index in [1.807, 2.05) is 12.4 Å². The van der Waals surface area contributed by atoms with E-state index < -0.39 is 0 Å². The van der Waals surface area contributed by atoms with E-state index in [0.717, 1.165) is 18.9 Å². The van der Waals surface area contributed by atoms with Crippen LogP contribution in [0.2, 0.25) is 0 Å². The highest BCUT2D eigenvalue weighted by Crippen LogP contribution is 2.28. The van der Waals surface area contributed by atoms with E-state index in [2.05, 4.69) is 53.6 Å². The molecule has 2 aromatic rings. The van der Waals surface area contributed by atoms with Crippen molar-refractivity contribution in [3.63, 3.8) is 0 Å². The van der Waals surface area contributed by atoms with E-state index in [1.165, 1.54) is 24.8 Å². The molecule has 0 saturated carbocycles. The van der Waals surface area contributed by atoms with Gasteiger partial charge in [0.25, 0.3) is 0 Å². The molecular formula is C19H24N2. The number of rotatable bonds is 5. The highest BCUT2D eigenvalue weighted by molar-refractivity contribution is 5.30. The molecule has 2 unspecified atom stereocenters. The summed E-state index contributed by atoms with van der Waals surface area (Å²) in [6, 6.07) is 13.8. The highest BCUT2D eigenvalue weighted by atomic mass is 14.9. The number of likely N-dealkylation sites (N-methyl/N-ethyl adjacent to an activating group) is 1. The molecule has 3 rings (SSSR count). The Morgan fingerprint density at radius 3 is 2.67 bits per heavy atom. The molecule has 0 aliphatic heterocycles. The quantitative estimate of drug-likeness (QED) is 0.908. The monoisotopic (exact) mass is 280 g/mol. The maximum absolute atomic E-state index is 4.12. The third-order valence-electron chi connectivity index (χ3n) is 4.63. The molecule has 1 aliphatic carbocycles. The molecule has 1 aliphatic rings. The molecule has 0 saturated heterocycles. The highest BCUT2D eigenvalue weighted by Gasteiger charge is 2.25. The second-order valence-corrected chi connectivity index (χ2v) is 6.00. The van der Waals surface area contributed by atoms with E-state index >= 15 is 0 Å². The van der Waals surface area contributed by atoms with Crippen LogP contribution in [-0.2, 0) is 19.3 Å². The van der Waals surface area contributed by atoms with Crippen molar-refractivity contribution in [2.75, 3.05) is 6.54 Å². The van der Waals surface area contributed by atoms with Gasteiger partial charge in [0.1, 0.15) is 0 Å². The zero-order chi connectivity index (χ0) is 14.5. The van der Waals surface area contributed by atoms with Crippen molar-refractivity contribution >= 4 is 0 Å². The number of nitrogens with one attached hydrogen (secondary N) is 1. The zero-order valence-corrected chi connectivity index (χ0v) is 12.8. The minimum Gasteiger partial charge on any atom is -0.314 e. The van der Waals surface area contributed by atoms with Gasteiger partial charge in [0.05, 0.1) is 0 Å². The number of hydrogen-bond acceptors (Lipinski definition) is 2.